The first-order valence-electron chi connectivity index (χ1n) is 6.80. The third-order valence-corrected chi connectivity index (χ3v) is 3.82. The molecule has 2 aromatic rings. The number of nitrogens with two attached hydrogens (primary N) is 1. The van der Waals surface area contributed by atoms with Crippen molar-refractivity contribution in [3.63, 3.8) is 0 Å². The van der Waals surface area contributed by atoms with E-state index < -0.39 is 0 Å². The maximum absolute atomic E-state index is 5.91. The van der Waals surface area contributed by atoms with E-state index >= 15 is 0 Å². The highest BCUT2D eigenvalue weighted by molar-refractivity contribution is 5.81. The molecule has 0 saturated heterocycles. The van der Waals surface area contributed by atoms with Gasteiger partial charge in [-0.15, -0.1) is 0 Å². The smallest absolute Gasteiger partial charge is 0.138 e. The van der Waals surface area contributed by atoms with Gasteiger partial charge in [0, 0.05) is 23.5 Å². The number of hydrogen-bond donors (Lipinski definition) is 2. The fourth-order valence-electron chi connectivity index (χ4n) is 2.80. The van der Waals surface area contributed by atoms with Crippen LogP contribution in [-0.2, 0) is 13.1 Å². The van der Waals surface area contributed by atoms with E-state index in [1.54, 1.807) is 0 Å². The van der Waals surface area contributed by atoms with Gasteiger partial charge in [-0.25, -0.2) is 0 Å². The summed E-state index contributed by atoms with van der Waals surface area (Å²) in [6.45, 7) is 1.35. The van der Waals surface area contributed by atoms with Gasteiger partial charge >= 0.3 is 0 Å². The number of para-hydroxylation sites is 1. The van der Waals surface area contributed by atoms with Crippen LogP contribution in [0.4, 0.5) is 0 Å². The standard InChI is InChI=1S/C15H20N2O/c16-9-12-5-3-4-11-8-14(18-15(11)12)10-17-13-6-1-2-7-13/h3-5,8,13,17H,1-2,6-7,9-10,16H2. The largest absolute Gasteiger partial charge is 0.459 e. The predicted octanol–water partition coefficient (Wildman–Crippen LogP) is 2.92. The molecule has 3 rings (SSSR count). The summed E-state index contributed by atoms with van der Waals surface area (Å²) in [5.41, 5.74) is 7.75. The van der Waals surface area contributed by atoms with Crippen LogP contribution < -0.4 is 11.1 Å². The second-order valence-electron chi connectivity index (χ2n) is 5.11. The van der Waals surface area contributed by atoms with E-state index in [0.717, 1.165) is 28.8 Å². The average Bonchev–Trinajstić information content (AvgIpc) is 3.04. The molecule has 1 aromatic heterocycles. The maximum atomic E-state index is 5.91. The lowest BCUT2D eigenvalue weighted by Gasteiger charge is -2.09. The van der Waals surface area contributed by atoms with E-state index in [4.69, 9.17) is 10.2 Å². The number of hydrogen-bond acceptors (Lipinski definition) is 3. The highest BCUT2D eigenvalue weighted by Crippen LogP contribution is 2.24. The van der Waals surface area contributed by atoms with Gasteiger partial charge in [0.05, 0.1) is 6.54 Å². The molecule has 0 aliphatic heterocycles. The Kier molecular flexibility index (Phi) is 3.35. The molecule has 1 fully saturated rings. The molecule has 18 heavy (non-hydrogen) atoms. The van der Waals surface area contributed by atoms with Gasteiger partial charge in [-0.3, -0.25) is 0 Å². The maximum Gasteiger partial charge on any atom is 0.138 e. The quantitative estimate of drug-likeness (QED) is 0.869. The average molecular weight is 244 g/mol. The minimum Gasteiger partial charge on any atom is -0.459 e. The minimum atomic E-state index is 0.528. The summed E-state index contributed by atoms with van der Waals surface area (Å²) in [6, 6.07) is 8.94. The van der Waals surface area contributed by atoms with Crippen LogP contribution in [0, 0.1) is 0 Å². The zero-order chi connectivity index (χ0) is 12.4. The molecule has 96 valence electrons. The van der Waals surface area contributed by atoms with Gasteiger partial charge in [-0.05, 0) is 18.9 Å². The minimum absolute atomic E-state index is 0.528. The molecule has 1 heterocycles. The van der Waals surface area contributed by atoms with E-state index in [1.807, 2.05) is 12.1 Å². The zero-order valence-electron chi connectivity index (χ0n) is 10.6. The topological polar surface area (TPSA) is 51.2 Å². The first-order valence-corrected chi connectivity index (χ1v) is 6.80. The second-order valence-corrected chi connectivity index (χ2v) is 5.11. The Morgan fingerprint density at radius 2 is 2.11 bits per heavy atom. The molecule has 0 spiro atoms. The van der Waals surface area contributed by atoms with E-state index in [0.29, 0.717) is 12.6 Å². The predicted molar refractivity (Wildman–Crippen MR) is 73.2 cm³/mol. The summed E-state index contributed by atoms with van der Waals surface area (Å²) in [6.07, 6.45) is 5.31. The third-order valence-electron chi connectivity index (χ3n) is 3.82. The van der Waals surface area contributed by atoms with Crippen LogP contribution in [0.25, 0.3) is 11.0 Å². The van der Waals surface area contributed by atoms with Gasteiger partial charge in [0.25, 0.3) is 0 Å². The van der Waals surface area contributed by atoms with E-state index in [2.05, 4.69) is 17.4 Å². The molecule has 1 aliphatic rings. The summed E-state index contributed by atoms with van der Waals surface area (Å²) in [7, 11) is 0. The molecule has 0 atom stereocenters. The second kappa shape index (κ2) is 5.12. The molecule has 1 aliphatic carbocycles. The van der Waals surface area contributed by atoms with Crippen LogP contribution in [0.15, 0.2) is 28.7 Å². The first-order chi connectivity index (χ1) is 8.86. The molecule has 3 N–H and O–H groups in total. The lowest BCUT2D eigenvalue weighted by atomic mass is 10.1. The Morgan fingerprint density at radius 1 is 1.28 bits per heavy atom. The number of furan rings is 1. The van der Waals surface area contributed by atoms with E-state index in [-0.39, 0.29) is 0 Å². The molecule has 1 aromatic carbocycles. The highest BCUT2D eigenvalue weighted by atomic mass is 16.3. The molecular formula is C15H20N2O. The van der Waals surface area contributed by atoms with Crippen LogP contribution in [0.2, 0.25) is 0 Å². The van der Waals surface area contributed by atoms with Crippen molar-refractivity contribution in [2.24, 2.45) is 5.73 Å². The van der Waals surface area contributed by atoms with Crippen LogP contribution >= 0.6 is 0 Å². The SMILES string of the molecule is NCc1cccc2cc(CNC3CCCC3)oc12. The summed E-state index contributed by atoms with van der Waals surface area (Å²) in [4.78, 5) is 0. The number of benzene rings is 1. The van der Waals surface area contributed by atoms with Gasteiger partial charge in [0.15, 0.2) is 0 Å². The lowest BCUT2D eigenvalue weighted by Crippen LogP contribution is -2.24. The van der Waals surface area contributed by atoms with Crippen molar-refractivity contribution in [1.29, 1.82) is 0 Å². The summed E-state index contributed by atoms with van der Waals surface area (Å²) in [5, 5.41) is 4.73. The van der Waals surface area contributed by atoms with E-state index in [9.17, 15) is 0 Å². The van der Waals surface area contributed by atoms with Crippen molar-refractivity contribution in [2.45, 2.75) is 44.8 Å². The monoisotopic (exact) mass is 244 g/mol. The van der Waals surface area contributed by atoms with Crippen LogP contribution in [0.1, 0.15) is 37.0 Å². The van der Waals surface area contributed by atoms with Crippen molar-refractivity contribution in [3.05, 3.63) is 35.6 Å². The Hall–Kier alpha value is -1.32. The Labute approximate surface area is 107 Å². The fraction of sp³-hybridized carbons (Fsp3) is 0.467. The molecule has 3 nitrogen and oxygen atoms in total. The van der Waals surface area contributed by atoms with Gasteiger partial charge in [0.2, 0.25) is 0 Å². The Balaban J connectivity index is 1.76. The normalized spacial score (nSPS) is 16.7. The van der Waals surface area contributed by atoms with Crippen molar-refractivity contribution < 1.29 is 4.42 Å². The molecule has 0 unspecified atom stereocenters. The summed E-state index contributed by atoms with van der Waals surface area (Å²) >= 11 is 0. The number of rotatable bonds is 4. The summed E-state index contributed by atoms with van der Waals surface area (Å²) in [5.74, 6) is 1.01. The molecule has 1 saturated carbocycles. The summed E-state index contributed by atoms with van der Waals surface area (Å²) < 4.78 is 5.91. The molecule has 0 bridgehead atoms. The Morgan fingerprint density at radius 3 is 2.89 bits per heavy atom. The van der Waals surface area contributed by atoms with Gasteiger partial charge in [-0.2, -0.15) is 0 Å². The third kappa shape index (κ3) is 2.28. The van der Waals surface area contributed by atoms with Crippen LogP contribution in [0.3, 0.4) is 0 Å². The molecule has 3 heteroatoms. The molecular weight excluding hydrogens is 224 g/mol. The zero-order valence-corrected chi connectivity index (χ0v) is 10.6. The number of fused-ring (bicyclic) bond motifs is 1. The van der Waals surface area contributed by atoms with Gasteiger partial charge in [-0.1, -0.05) is 31.0 Å². The number of nitrogens with one attached hydrogen (secondary N) is 1. The van der Waals surface area contributed by atoms with Crippen LogP contribution in [-0.4, -0.2) is 6.04 Å². The molecule has 0 radical (unpaired) electrons. The fourth-order valence-corrected chi connectivity index (χ4v) is 2.80. The Bertz CT molecular complexity index is 526. The lowest BCUT2D eigenvalue weighted by molar-refractivity contribution is 0.462. The molecule has 0 amide bonds. The highest BCUT2D eigenvalue weighted by Gasteiger charge is 2.15. The van der Waals surface area contributed by atoms with Crippen molar-refractivity contribution in [1.82, 2.24) is 5.32 Å². The van der Waals surface area contributed by atoms with Crippen molar-refractivity contribution in [2.75, 3.05) is 0 Å². The first kappa shape index (κ1) is 11.8. The van der Waals surface area contributed by atoms with Crippen molar-refractivity contribution >= 4 is 11.0 Å². The van der Waals surface area contributed by atoms with Crippen molar-refractivity contribution in [3.8, 4) is 0 Å². The van der Waals surface area contributed by atoms with E-state index in [1.165, 1.54) is 25.7 Å². The van der Waals surface area contributed by atoms with Gasteiger partial charge < -0.3 is 15.5 Å². The van der Waals surface area contributed by atoms with Crippen LogP contribution in [0.5, 0.6) is 0 Å². The van der Waals surface area contributed by atoms with Gasteiger partial charge in [0.1, 0.15) is 11.3 Å².